The molecule has 25 heavy (non-hydrogen) atoms. The van der Waals surface area contributed by atoms with Gasteiger partial charge in [0.2, 0.25) is 0 Å². The molecule has 0 fully saturated rings. The van der Waals surface area contributed by atoms with Gasteiger partial charge in [-0.3, -0.25) is 4.79 Å². The van der Waals surface area contributed by atoms with Crippen LogP contribution in [0.15, 0.2) is 35.4 Å². The van der Waals surface area contributed by atoms with Crippen molar-refractivity contribution < 1.29 is 14.3 Å². The lowest BCUT2D eigenvalue weighted by molar-refractivity contribution is -0.150. The number of ether oxygens (including phenoxy) is 2. The molecule has 0 N–H and O–H groups in total. The Bertz CT molecular complexity index is 801. The highest BCUT2D eigenvalue weighted by Crippen LogP contribution is 2.57. The Kier molecular flexibility index (Phi) is 3.78. The zero-order valence-corrected chi connectivity index (χ0v) is 15.5. The molecule has 0 spiro atoms. The van der Waals surface area contributed by atoms with E-state index in [1.807, 2.05) is 0 Å². The largest absolute Gasteiger partial charge is 0.497 e. The first-order valence-corrected chi connectivity index (χ1v) is 9.22. The number of methoxy groups -OCH3 is 1. The molecule has 1 aromatic rings. The number of hydrogen-bond donors (Lipinski definition) is 0. The van der Waals surface area contributed by atoms with Crippen LogP contribution in [0.25, 0.3) is 5.57 Å². The normalized spacial score (nSPS) is 30.2. The number of carbonyl (C=O) groups is 1. The van der Waals surface area contributed by atoms with Crippen LogP contribution in [0.5, 0.6) is 5.75 Å². The molecule has 0 aromatic heterocycles. The van der Waals surface area contributed by atoms with Crippen molar-refractivity contribution in [3.05, 3.63) is 46.5 Å². The lowest BCUT2D eigenvalue weighted by Gasteiger charge is -2.43. The summed E-state index contributed by atoms with van der Waals surface area (Å²) in [6, 6.07) is 6.48. The summed E-state index contributed by atoms with van der Waals surface area (Å²) in [6.45, 7) is 6.12. The van der Waals surface area contributed by atoms with Crippen LogP contribution in [-0.4, -0.2) is 19.2 Å². The van der Waals surface area contributed by atoms with E-state index >= 15 is 0 Å². The molecule has 0 unspecified atom stereocenters. The van der Waals surface area contributed by atoms with Crippen molar-refractivity contribution in [1.82, 2.24) is 0 Å². The van der Waals surface area contributed by atoms with Crippen molar-refractivity contribution in [2.24, 2.45) is 11.3 Å². The number of hydrogen-bond acceptors (Lipinski definition) is 3. The Morgan fingerprint density at radius 3 is 2.84 bits per heavy atom. The maximum atomic E-state index is 11.5. The van der Waals surface area contributed by atoms with Gasteiger partial charge in [-0.1, -0.05) is 26.0 Å². The summed E-state index contributed by atoms with van der Waals surface area (Å²) >= 11 is 0. The summed E-state index contributed by atoms with van der Waals surface area (Å²) in [4.78, 5) is 11.5. The number of allylic oxidation sites excluding steroid dienone is 2. The first kappa shape index (κ1) is 16.4. The summed E-state index contributed by atoms with van der Waals surface area (Å²) in [5, 5.41) is 0. The van der Waals surface area contributed by atoms with Gasteiger partial charge in [-0.2, -0.15) is 0 Å². The number of fused-ring (bicyclic) bond motifs is 4. The Labute approximate surface area is 149 Å². The van der Waals surface area contributed by atoms with E-state index in [1.165, 1.54) is 34.8 Å². The van der Waals surface area contributed by atoms with E-state index in [0.29, 0.717) is 5.92 Å². The molecule has 3 heteroatoms. The molecule has 0 aliphatic heterocycles. The van der Waals surface area contributed by atoms with Crippen LogP contribution in [-0.2, 0) is 16.0 Å². The van der Waals surface area contributed by atoms with E-state index < -0.39 is 0 Å². The van der Waals surface area contributed by atoms with Gasteiger partial charge in [0.1, 0.15) is 11.9 Å². The van der Waals surface area contributed by atoms with Crippen LogP contribution in [0, 0.1) is 11.3 Å². The second-order valence-electron chi connectivity index (χ2n) is 7.89. The second kappa shape index (κ2) is 5.76. The SMILES string of the molecule is COc1ccc2c(c1)C[C@@H](C)C1=C2CC[C@]2(C)C1=CC[C@H]2OC(C)=O. The number of esters is 1. The molecule has 3 aliphatic carbocycles. The van der Waals surface area contributed by atoms with Crippen molar-refractivity contribution in [2.45, 2.75) is 52.6 Å². The van der Waals surface area contributed by atoms with Crippen LogP contribution < -0.4 is 4.74 Å². The average Bonchev–Trinajstić information content (AvgIpc) is 2.90. The number of benzene rings is 1. The summed E-state index contributed by atoms with van der Waals surface area (Å²) in [5.74, 6) is 1.25. The smallest absolute Gasteiger partial charge is 0.302 e. The second-order valence-corrected chi connectivity index (χ2v) is 7.89. The monoisotopic (exact) mass is 338 g/mol. The molecule has 3 nitrogen and oxygen atoms in total. The van der Waals surface area contributed by atoms with Gasteiger partial charge in [-0.25, -0.2) is 0 Å². The third kappa shape index (κ3) is 2.44. The lowest BCUT2D eigenvalue weighted by atomic mass is 9.62. The minimum atomic E-state index is -0.171. The van der Waals surface area contributed by atoms with Crippen molar-refractivity contribution in [1.29, 1.82) is 0 Å². The van der Waals surface area contributed by atoms with Crippen LogP contribution in [0.2, 0.25) is 0 Å². The van der Waals surface area contributed by atoms with E-state index in [0.717, 1.165) is 31.4 Å². The van der Waals surface area contributed by atoms with Crippen LogP contribution in [0.3, 0.4) is 0 Å². The summed E-state index contributed by atoms with van der Waals surface area (Å²) in [5.41, 5.74) is 7.15. The first-order chi connectivity index (χ1) is 11.9. The highest BCUT2D eigenvalue weighted by atomic mass is 16.5. The molecular formula is C22H26O3. The molecular weight excluding hydrogens is 312 g/mol. The van der Waals surface area contributed by atoms with Gasteiger partial charge in [0.25, 0.3) is 0 Å². The molecule has 3 atom stereocenters. The van der Waals surface area contributed by atoms with Crippen LogP contribution in [0.1, 0.15) is 51.2 Å². The predicted molar refractivity (Wildman–Crippen MR) is 98.4 cm³/mol. The maximum Gasteiger partial charge on any atom is 0.302 e. The van der Waals surface area contributed by atoms with Crippen molar-refractivity contribution in [2.75, 3.05) is 7.11 Å². The predicted octanol–water partition coefficient (Wildman–Crippen LogP) is 4.70. The molecule has 3 aliphatic rings. The molecule has 0 saturated heterocycles. The summed E-state index contributed by atoms with van der Waals surface area (Å²) in [6.07, 6.45) is 6.27. The average molecular weight is 338 g/mol. The minimum Gasteiger partial charge on any atom is -0.497 e. The van der Waals surface area contributed by atoms with Crippen molar-refractivity contribution in [3.8, 4) is 5.75 Å². The Balaban J connectivity index is 1.78. The molecule has 4 rings (SSSR count). The van der Waals surface area contributed by atoms with Crippen LogP contribution in [0.4, 0.5) is 0 Å². The third-order valence-corrected chi connectivity index (χ3v) is 6.34. The molecule has 1 aromatic carbocycles. The molecule has 132 valence electrons. The summed E-state index contributed by atoms with van der Waals surface area (Å²) in [7, 11) is 1.73. The van der Waals surface area contributed by atoms with Gasteiger partial charge in [-0.05, 0) is 65.2 Å². The third-order valence-electron chi connectivity index (χ3n) is 6.34. The van der Waals surface area contributed by atoms with Crippen LogP contribution >= 0.6 is 0 Å². The fourth-order valence-corrected chi connectivity index (χ4v) is 5.10. The Morgan fingerprint density at radius 1 is 1.32 bits per heavy atom. The quantitative estimate of drug-likeness (QED) is 0.733. The zero-order chi connectivity index (χ0) is 17.8. The Hall–Kier alpha value is -2.03. The molecule has 0 bridgehead atoms. The van der Waals surface area contributed by atoms with Gasteiger partial charge >= 0.3 is 5.97 Å². The number of carbonyl (C=O) groups excluding carboxylic acids is 1. The molecule has 0 radical (unpaired) electrons. The van der Waals surface area contributed by atoms with E-state index in [2.05, 4.69) is 38.1 Å². The molecule has 0 saturated carbocycles. The summed E-state index contributed by atoms with van der Waals surface area (Å²) < 4.78 is 11.1. The first-order valence-electron chi connectivity index (χ1n) is 9.22. The zero-order valence-electron chi connectivity index (χ0n) is 15.5. The lowest BCUT2D eigenvalue weighted by Crippen LogP contribution is -2.37. The minimum absolute atomic E-state index is 0.0153. The van der Waals surface area contributed by atoms with Gasteiger partial charge < -0.3 is 9.47 Å². The highest BCUT2D eigenvalue weighted by Gasteiger charge is 2.49. The van der Waals surface area contributed by atoms with Gasteiger partial charge in [0.15, 0.2) is 0 Å². The van der Waals surface area contributed by atoms with Gasteiger partial charge in [-0.15, -0.1) is 0 Å². The van der Waals surface area contributed by atoms with E-state index in [4.69, 9.17) is 9.47 Å². The van der Waals surface area contributed by atoms with Crippen molar-refractivity contribution >= 4 is 11.5 Å². The van der Waals surface area contributed by atoms with Crippen molar-refractivity contribution in [3.63, 3.8) is 0 Å². The van der Waals surface area contributed by atoms with E-state index in [-0.39, 0.29) is 17.5 Å². The topological polar surface area (TPSA) is 35.5 Å². The molecule has 0 heterocycles. The fraction of sp³-hybridized carbons (Fsp3) is 0.500. The van der Waals surface area contributed by atoms with E-state index in [9.17, 15) is 4.79 Å². The van der Waals surface area contributed by atoms with Gasteiger partial charge in [0.05, 0.1) is 7.11 Å². The standard InChI is InChI=1S/C22H26O3/c1-13-11-15-12-16(24-4)5-6-17(15)18-9-10-22(3)19(21(13)18)7-8-20(22)25-14(2)23/h5-7,12-13,20H,8-11H2,1-4H3/t13-,20-,22-/m1/s1. The highest BCUT2D eigenvalue weighted by molar-refractivity contribution is 5.80. The number of rotatable bonds is 2. The molecule has 0 amide bonds. The van der Waals surface area contributed by atoms with E-state index in [1.54, 1.807) is 7.11 Å². The fourth-order valence-electron chi connectivity index (χ4n) is 5.10. The maximum absolute atomic E-state index is 11.5. The van der Waals surface area contributed by atoms with Gasteiger partial charge in [0, 0.05) is 18.8 Å². The Morgan fingerprint density at radius 2 is 2.12 bits per heavy atom.